The fourth-order valence-electron chi connectivity index (χ4n) is 4.80. The van der Waals surface area contributed by atoms with Crippen molar-refractivity contribution in [3.05, 3.63) is 101 Å². The summed E-state index contributed by atoms with van der Waals surface area (Å²) in [5, 5.41) is 3.51. The highest BCUT2D eigenvalue weighted by atomic mass is 32.2. The van der Waals surface area contributed by atoms with Crippen LogP contribution in [0.25, 0.3) is 0 Å². The van der Waals surface area contributed by atoms with Crippen LogP contribution in [0.3, 0.4) is 0 Å². The molecule has 282 valence electrons. The predicted molar refractivity (Wildman–Crippen MR) is 192 cm³/mol. The highest BCUT2D eigenvalue weighted by molar-refractivity contribution is 8.00. The molecule has 0 saturated carbocycles. The number of methoxy groups -OCH3 is 2. The zero-order chi connectivity index (χ0) is 37.8. The van der Waals surface area contributed by atoms with Crippen LogP contribution < -0.4 is 38.0 Å². The molecule has 0 bridgehead atoms. The number of aromatic amines is 2. The van der Waals surface area contributed by atoms with Crippen molar-refractivity contribution in [1.82, 2.24) is 33.6 Å². The topological polar surface area (TPSA) is 244 Å². The van der Waals surface area contributed by atoms with Crippen LogP contribution in [-0.4, -0.2) is 105 Å². The van der Waals surface area contributed by atoms with Gasteiger partial charge in [0.2, 0.25) is 4.91 Å². The van der Waals surface area contributed by atoms with Gasteiger partial charge >= 0.3 is 17.1 Å². The molecule has 6 heterocycles. The van der Waals surface area contributed by atoms with Gasteiger partial charge in [0.15, 0.2) is 12.8 Å². The van der Waals surface area contributed by atoms with E-state index in [4.69, 9.17) is 29.2 Å². The summed E-state index contributed by atoms with van der Waals surface area (Å²) < 4.78 is 31.0. The van der Waals surface area contributed by atoms with Crippen LogP contribution in [-0.2, 0) is 23.7 Å². The summed E-state index contributed by atoms with van der Waals surface area (Å²) in [6.45, 7) is 2.85. The molecule has 6 rings (SSSR count). The second-order valence-electron chi connectivity index (χ2n) is 11.4. The van der Waals surface area contributed by atoms with Gasteiger partial charge in [-0.2, -0.15) is 4.98 Å². The summed E-state index contributed by atoms with van der Waals surface area (Å²) in [4.78, 5) is 70.2. The van der Waals surface area contributed by atoms with Gasteiger partial charge in [-0.05, 0) is 19.1 Å². The van der Waals surface area contributed by atoms with Crippen LogP contribution in [0, 0.1) is 12.5 Å². The molecule has 2 fully saturated rings. The Morgan fingerprint density at radius 3 is 2.12 bits per heavy atom. The maximum absolute atomic E-state index is 11.9. The molecule has 0 spiro atoms. The summed E-state index contributed by atoms with van der Waals surface area (Å²) in [6, 6.07) is 3.11. The van der Waals surface area contributed by atoms with Crippen LogP contribution in [0.4, 0.5) is 5.82 Å². The fourth-order valence-corrected chi connectivity index (χ4v) is 6.91. The van der Waals surface area contributed by atoms with Crippen molar-refractivity contribution < 1.29 is 23.7 Å². The van der Waals surface area contributed by atoms with Crippen molar-refractivity contribution >= 4 is 29.3 Å². The molecule has 3 aliphatic rings. The van der Waals surface area contributed by atoms with E-state index in [1.54, 1.807) is 74.0 Å². The summed E-state index contributed by atoms with van der Waals surface area (Å²) in [5.74, 6) is 2.05. The Kier molecular flexibility index (Phi) is 15.1. The van der Waals surface area contributed by atoms with E-state index in [0.717, 1.165) is 5.75 Å². The van der Waals surface area contributed by atoms with Crippen molar-refractivity contribution in [3.63, 3.8) is 0 Å². The van der Waals surface area contributed by atoms with Gasteiger partial charge in [-0.15, -0.1) is 23.5 Å². The van der Waals surface area contributed by atoms with E-state index in [9.17, 15) is 24.0 Å². The number of thioether (sulfide) groups is 2. The van der Waals surface area contributed by atoms with Crippen molar-refractivity contribution in [2.45, 2.75) is 42.6 Å². The number of H-pyrrole nitrogens is 2. The van der Waals surface area contributed by atoms with Gasteiger partial charge in [-0.1, -0.05) is 6.08 Å². The number of nitrogens with zero attached hydrogens (tertiary/aromatic N) is 7. The minimum Gasteiger partial charge on any atom is -0.381 e. The fraction of sp³-hybridized carbons (Fsp3) is 0.533. The number of hydrogen-bond donors (Lipinski definition) is 3. The Hall–Kier alpha value is -4.41. The van der Waals surface area contributed by atoms with Crippen LogP contribution in [0.5, 0.6) is 0 Å². The minimum absolute atomic E-state index is 0.0135. The Labute approximate surface area is 304 Å². The first-order valence-electron chi connectivity index (χ1n) is 15.7. The first-order valence-corrected chi connectivity index (χ1v) is 17.8. The minimum atomic E-state index is -0.570. The first kappa shape index (κ1) is 40.4. The van der Waals surface area contributed by atoms with E-state index in [2.05, 4.69) is 25.0 Å². The third-order valence-electron chi connectivity index (χ3n) is 7.37. The second kappa shape index (κ2) is 19.4. The molecule has 3 N–H and O–H groups in total. The number of nitrogens with one attached hydrogen (secondary N) is 3. The molecule has 2 saturated heterocycles. The van der Waals surface area contributed by atoms with Crippen molar-refractivity contribution in [1.29, 1.82) is 5.53 Å². The third kappa shape index (κ3) is 11.0. The molecule has 6 atom stereocenters. The molecule has 0 unspecified atom stereocenters. The molecular formula is C30H41N10O10S2+. The summed E-state index contributed by atoms with van der Waals surface area (Å²) in [6.07, 6.45) is 6.58. The molecule has 52 heavy (non-hydrogen) atoms. The smallest absolute Gasteiger partial charge is 0.351 e. The quantitative estimate of drug-likeness (QED) is 0.142. The third-order valence-corrected chi connectivity index (χ3v) is 9.57. The number of aryl methyl sites for hydroxylation is 1. The molecule has 3 aromatic heterocycles. The zero-order valence-corrected chi connectivity index (χ0v) is 30.7. The van der Waals surface area contributed by atoms with E-state index in [1.807, 2.05) is 14.1 Å². The molecule has 0 radical (unpaired) electrons. The van der Waals surface area contributed by atoms with Gasteiger partial charge in [0.1, 0.15) is 45.9 Å². The van der Waals surface area contributed by atoms with Gasteiger partial charge in [0.05, 0.1) is 13.2 Å². The largest absolute Gasteiger partial charge is 0.381 e. The average molecular weight is 766 g/mol. The highest BCUT2D eigenvalue weighted by Crippen LogP contribution is 2.31. The lowest BCUT2D eigenvalue weighted by molar-refractivity contribution is -0.0153. The molecular weight excluding hydrogens is 725 g/mol. The predicted octanol–water partition coefficient (Wildman–Crippen LogP) is 0.164. The standard InChI is InChI=1S/C11H17N3O3S.C10H11N5O3.C9H12N2O4S/c1-13(2)8-4-5-14(11(15)12-8)9-7-18-10(17-9)6-16-3;1-6-5-15(10(17)13-9(6)16)8-3-2-7(18-8)4-12-14-11;1-14-4-8-15-7(5-16-8)11-3-2-6(12)10-9(11)13/h4-5,9-10H,6-7H2,1-3H3;2-3,5,7-8,11H,4H2,1H3;2-3,7-8H,4-5H2,1H3,(H,10,12,13)/p+1/t9-,10+;2*7-,8+/m000/s1. The summed E-state index contributed by atoms with van der Waals surface area (Å²) in [5.41, 5.74) is 4.84. The molecule has 0 aliphatic carbocycles. The van der Waals surface area contributed by atoms with Crippen LogP contribution in [0.2, 0.25) is 0 Å². The number of ether oxygens (including phenoxy) is 5. The first-order chi connectivity index (χ1) is 24.9. The van der Waals surface area contributed by atoms with E-state index < -0.39 is 28.7 Å². The Bertz CT molecular complexity index is 2020. The lowest BCUT2D eigenvalue weighted by Gasteiger charge is -2.16. The summed E-state index contributed by atoms with van der Waals surface area (Å²) in [7, 11) is 6.94. The van der Waals surface area contributed by atoms with Gasteiger partial charge in [0, 0.05) is 70.0 Å². The maximum Gasteiger partial charge on any atom is 0.351 e. The molecule has 22 heteroatoms. The lowest BCUT2D eigenvalue weighted by Crippen LogP contribution is -2.33. The molecule has 0 aromatic carbocycles. The summed E-state index contributed by atoms with van der Waals surface area (Å²) >= 11 is 3.23. The van der Waals surface area contributed by atoms with Gasteiger partial charge in [-0.3, -0.25) is 33.3 Å². The van der Waals surface area contributed by atoms with E-state index >= 15 is 0 Å². The number of hydrogen-bond acceptors (Lipinski definition) is 16. The normalized spacial score (nSPS) is 23.2. The van der Waals surface area contributed by atoms with Crippen LogP contribution in [0.1, 0.15) is 24.2 Å². The Morgan fingerprint density at radius 1 is 0.923 bits per heavy atom. The SMILES string of the molecule is COC[C@@H]1O[C@H](n2ccc(=O)[nH]c2=O)CS1.COC[C@@H]1O[C@H](n2ccc(N(C)C)nc2=O)CS1.Cc1cn([C@H]2C=C[C@@H](CN=[N+]=N)O2)c(=O)[nH]c1=O. The average Bonchev–Trinajstić information content (AvgIpc) is 3.89. The lowest BCUT2D eigenvalue weighted by atomic mass is 10.3. The van der Waals surface area contributed by atoms with Gasteiger partial charge < -0.3 is 28.6 Å². The number of aromatic nitrogens is 6. The second-order valence-corrected chi connectivity index (χ2v) is 13.7. The molecule has 3 aromatic rings. The Balaban J connectivity index is 0.000000175. The van der Waals surface area contributed by atoms with Crippen LogP contribution >= 0.6 is 23.5 Å². The zero-order valence-electron chi connectivity index (χ0n) is 29.1. The van der Waals surface area contributed by atoms with Crippen LogP contribution in [0.15, 0.2) is 72.0 Å². The van der Waals surface area contributed by atoms with E-state index in [0.29, 0.717) is 30.3 Å². The highest BCUT2D eigenvalue weighted by Gasteiger charge is 2.29. The molecule has 20 nitrogen and oxygen atoms in total. The molecule has 0 amide bonds. The van der Waals surface area contributed by atoms with Crippen molar-refractivity contribution in [2.24, 2.45) is 5.11 Å². The van der Waals surface area contributed by atoms with E-state index in [-0.39, 0.29) is 41.7 Å². The number of anilines is 1. The van der Waals surface area contributed by atoms with Crippen molar-refractivity contribution in [2.75, 3.05) is 64.5 Å². The van der Waals surface area contributed by atoms with Gasteiger partial charge in [0.25, 0.3) is 11.1 Å². The molecule has 3 aliphatic heterocycles. The maximum atomic E-state index is 11.9. The van der Waals surface area contributed by atoms with Gasteiger partial charge in [-0.25, -0.2) is 14.4 Å². The Morgan fingerprint density at radius 2 is 1.54 bits per heavy atom. The number of rotatable bonds is 10. The van der Waals surface area contributed by atoms with Crippen molar-refractivity contribution in [3.8, 4) is 0 Å². The van der Waals surface area contributed by atoms with E-state index in [1.165, 1.54) is 32.2 Å². The monoisotopic (exact) mass is 765 g/mol.